The zero-order valence-electron chi connectivity index (χ0n) is 16.0. The number of oxazole rings is 1. The number of hydrogen-bond acceptors (Lipinski definition) is 5. The Hall–Kier alpha value is -3.42. The van der Waals surface area contributed by atoms with Crippen molar-refractivity contribution in [1.29, 1.82) is 0 Å². The Balaban J connectivity index is 1.56. The molecule has 0 unspecified atom stereocenters. The van der Waals surface area contributed by atoms with Crippen LogP contribution in [0.4, 0.5) is 11.5 Å². The van der Waals surface area contributed by atoms with Gasteiger partial charge in [0.2, 0.25) is 11.8 Å². The highest BCUT2D eigenvalue weighted by atomic mass is 16.3. The van der Waals surface area contributed by atoms with Crippen LogP contribution in [-0.4, -0.2) is 33.1 Å². The molecule has 3 heterocycles. The second kappa shape index (κ2) is 6.63. The number of aryl methyl sites for hydroxylation is 1. The SMILES string of the molecule is Cn1cc(NC(=O)c2coc(-c3ccccc3)n2)c(N2CCC(C)(C)C2=O)n1. The summed E-state index contributed by atoms with van der Waals surface area (Å²) < 4.78 is 7.00. The quantitative estimate of drug-likeness (QED) is 0.752. The molecule has 1 aromatic carbocycles. The van der Waals surface area contributed by atoms with Gasteiger partial charge < -0.3 is 9.73 Å². The summed E-state index contributed by atoms with van der Waals surface area (Å²) in [7, 11) is 1.74. The monoisotopic (exact) mass is 379 g/mol. The third kappa shape index (κ3) is 3.17. The van der Waals surface area contributed by atoms with Crippen molar-refractivity contribution in [2.75, 3.05) is 16.8 Å². The van der Waals surface area contributed by atoms with E-state index in [0.29, 0.717) is 23.9 Å². The van der Waals surface area contributed by atoms with Gasteiger partial charge in [-0.1, -0.05) is 32.0 Å². The lowest BCUT2D eigenvalue weighted by molar-refractivity contribution is -0.124. The lowest BCUT2D eigenvalue weighted by Gasteiger charge is -2.18. The van der Waals surface area contributed by atoms with Crippen LogP contribution in [0, 0.1) is 5.41 Å². The summed E-state index contributed by atoms with van der Waals surface area (Å²) in [6.07, 6.45) is 3.72. The first-order valence-corrected chi connectivity index (χ1v) is 9.03. The lowest BCUT2D eigenvalue weighted by atomic mass is 9.92. The third-order valence-electron chi connectivity index (χ3n) is 4.86. The predicted octanol–water partition coefficient (Wildman–Crippen LogP) is 3.09. The van der Waals surface area contributed by atoms with Gasteiger partial charge in [0, 0.05) is 24.6 Å². The predicted molar refractivity (Wildman–Crippen MR) is 104 cm³/mol. The zero-order valence-corrected chi connectivity index (χ0v) is 16.0. The van der Waals surface area contributed by atoms with E-state index in [1.54, 1.807) is 22.8 Å². The average molecular weight is 379 g/mol. The Morgan fingerprint density at radius 1 is 1.25 bits per heavy atom. The number of benzene rings is 1. The maximum atomic E-state index is 12.7. The molecule has 3 aromatic rings. The van der Waals surface area contributed by atoms with Crippen LogP contribution in [0.3, 0.4) is 0 Å². The molecule has 1 N–H and O–H groups in total. The minimum absolute atomic E-state index is 0.00509. The van der Waals surface area contributed by atoms with E-state index in [2.05, 4.69) is 15.4 Å². The largest absolute Gasteiger partial charge is 0.444 e. The normalized spacial score (nSPS) is 15.8. The molecule has 1 saturated heterocycles. The van der Waals surface area contributed by atoms with Crippen molar-refractivity contribution in [3.63, 3.8) is 0 Å². The topological polar surface area (TPSA) is 93.3 Å². The molecule has 1 fully saturated rings. The summed E-state index contributed by atoms with van der Waals surface area (Å²) in [6, 6.07) is 9.34. The molecule has 2 amide bonds. The van der Waals surface area contributed by atoms with Crippen molar-refractivity contribution in [3.8, 4) is 11.5 Å². The summed E-state index contributed by atoms with van der Waals surface area (Å²) in [5.74, 6) is 0.382. The molecule has 1 aliphatic rings. The molecule has 28 heavy (non-hydrogen) atoms. The summed E-state index contributed by atoms with van der Waals surface area (Å²) in [5.41, 5.74) is 0.966. The Morgan fingerprint density at radius 2 is 2.00 bits per heavy atom. The average Bonchev–Trinajstić information content (AvgIpc) is 3.35. The van der Waals surface area contributed by atoms with Crippen LogP contribution in [-0.2, 0) is 11.8 Å². The van der Waals surface area contributed by atoms with Gasteiger partial charge in [-0.15, -0.1) is 0 Å². The second-order valence-corrected chi connectivity index (χ2v) is 7.49. The van der Waals surface area contributed by atoms with E-state index in [4.69, 9.17) is 4.42 Å². The minimum Gasteiger partial charge on any atom is -0.444 e. The van der Waals surface area contributed by atoms with Crippen LogP contribution >= 0.6 is 0 Å². The molecule has 0 saturated carbocycles. The van der Waals surface area contributed by atoms with Gasteiger partial charge in [-0.2, -0.15) is 5.10 Å². The molecular weight excluding hydrogens is 358 g/mol. The molecule has 144 valence electrons. The van der Waals surface area contributed by atoms with Crippen LogP contribution in [0.2, 0.25) is 0 Å². The fourth-order valence-electron chi connectivity index (χ4n) is 3.21. The van der Waals surface area contributed by atoms with Crippen molar-refractivity contribution in [2.45, 2.75) is 20.3 Å². The van der Waals surface area contributed by atoms with E-state index < -0.39 is 11.3 Å². The van der Waals surface area contributed by atoms with E-state index in [1.807, 2.05) is 44.2 Å². The molecule has 2 aromatic heterocycles. The van der Waals surface area contributed by atoms with E-state index >= 15 is 0 Å². The Kier molecular flexibility index (Phi) is 4.26. The molecule has 0 aliphatic carbocycles. The number of carbonyl (C=O) groups is 2. The fourth-order valence-corrected chi connectivity index (χ4v) is 3.21. The maximum Gasteiger partial charge on any atom is 0.277 e. The van der Waals surface area contributed by atoms with Gasteiger partial charge >= 0.3 is 0 Å². The standard InChI is InChI=1S/C20H21N5O3/c1-20(2)9-10-25(19(20)27)16-14(11-24(3)23-16)21-17(26)15-12-28-18(22-15)13-7-5-4-6-8-13/h4-8,11-12H,9-10H2,1-3H3,(H,21,26). The fraction of sp³-hybridized carbons (Fsp3) is 0.300. The highest BCUT2D eigenvalue weighted by Crippen LogP contribution is 2.36. The van der Waals surface area contributed by atoms with Gasteiger partial charge in [0.05, 0.1) is 6.20 Å². The van der Waals surface area contributed by atoms with Crippen LogP contribution in [0.1, 0.15) is 30.8 Å². The third-order valence-corrected chi connectivity index (χ3v) is 4.86. The number of nitrogens with one attached hydrogen (secondary N) is 1. The molecular formula is C20H21N5O3. The second-order valence-electron chi connectivity index (χ2n) is 7.49. The van der Waals surface area contributed by atoms with Crippen molar-refractivity contribution in [3.05, 3.63) is 48.5 Å². The number of aromatic nitrogens is 3. The van der Waals surface area contributed by atoms with Gasteiger partial charge in [-0.05, 0) is 18.6 Å². The first-order valence-electron chi connectivity index (χ1n) is 9.03. The minimum atomic E-state index is -0.435. The molecule has 0 radical (unpaired) electrons. The summed E-state index contributed by atoms with van der Waals surface area (Å²) in [5, 5.41) is 7.17. The van der Waals surface area contributed by atoms with Crippen molar-refractivity contribution < 1.29 is 14.0 Å². The van der Waals surface area contributed by atoms with Gasteiger partial charge in [-0.25, -0.2) is 4.98 Å². The number of carbonyl (C=O) groups excluding carboxylic acids is 2. The first-order chi connectivity index (χ1) is 13.3. The van der Waals surface area contributed by atoms with Crippen molar-refractivity contribution in [2.24, 2.45) is 12.5 Å². The van der Waals surface area contributed by atoms with Crippen LogP contribution in [0.15, 0.2) is 47.2 Å². The van der Waals surface area contributed by atoms with Crippen LogP contribution in [0.25, 0.3) is 11.5 Å². The Bertz CT molecular complexity index is 1040. The lowest BCUT2D eigenvalue weighted by Crippen LogP contribution is -2.32. The highest BCUT2D eigenvalue weighted by Gasteiger charge is 2.41. The number of nitrogens with zero attached hydrogens (tertiary/aromatic N) is 4. The van der Waals surface area contributed by atoms with E-state index in [1.165, 1.54) is 6.26 Å². The number of anilines is 2. The van der Waals surface area contributed by atoms with E-state index in [9.17, 15) is 9.59 Å². The maximum absolute atomic E-state index is 12.7. The van der Waals surface area contributed by atoms with Crippen molar-refractivity contribution >= 4 is 23.3 Å². The molecule has 8 heteroatoms. The number of amides is 2. The summed E-state index contributed by atoms with van der Waals surface area (Å²) in [6.45, 7) is 4.39. The van der Waals surface area contributed by atoms with Gasteiger partial charge in [0.1, 0.15) is 12.0 Å². The Morgan fingerprint density at radius 3 is 2.68 bits per heavy atom. The summed E-state index contributed by atoms with van der Waals surface area (Å²) >= 11 is 0. The number of hydrogen-bond donors (Lipinski definition) is 1. The number of rotatable bonds is 4. The molecule has 0 atom stereocenters. The highest BCUT2D eigenvalue weighted by molar-refractivity contribution is 6.07. The molecule has 4 rings (SSSR count). The smallest absolute Gasteiger partial charge is 0.277 e. The van der Waals surface area contributed by atoms with Crippen molar-refractivity contribution in [1.82, 2.24) is 14.8 Å². The zero-order chi connectivity index (χ0) is 19.9. The van der Waals surface area contributed by atoms with Gasteiger partial charge in [0.25, 0.3) is 5.91 Å². The first kappa shape index (κ1) is 18.0. The van der Waals surface area contributed by atoms with Crippen LogP contribution < -0.4 is 10.2 Å². The molecule has 1 aliphatic heterocycles. The van der Waals surface area contributed by atoms with Crippen LogP contribution in [0.5, 0.6) is 0 Å². The van der Waals surface area contributed by atoms with E-state index in [-0.39, 0.29) is 11.6 Å². The van der Waals surface area contributed by atoms with Gasteiger partial charge in [-0.3, -0.25) is 19.2 Å². The molecule has 0 spiro atoms. The Labute approximate surface area is 162 Å². The molecule has 0 bridgehead atoms. The molecule has 8 nitrogen and oxygen atoms in total. The van der Waals surface area contributed by atoms with Gasteiger partial charge in [0.15, 0.2) is 11.5 Å². The van der Waals surface area contributed by atoms with E-state index in [0.717, 1.165) is 12.0 Å². The summed E-state index contributed by atoms with van der Waals surface area (Å²) in [4.78, 5) is 31.2.